The van der Waals surface area contributed by atoms with Crippen LogP contribution in [0.15, 0.2) is 36.7 Å². The normalized spacial score (nSPS) is 12.1. The fourth-order valence-corrected chi connectivity index (χ4v) is 2.05. The number of nitrogens with two attached hydrogens (primary N) is 1. The highest BCUT2D eigenvalue weighted by atomic mass is 16.1. The molecule has 21 heavy (non-hydrogen) atoms. The van der Waals surface area contributed by atoms with Gasteiger partial charge in [0.2, 0.25) is 5.91 Å². The number of hydrogen-bond acceptors (Lipinski definition) is 4. The summed E-state index contributed by atoms with van der Waals surface area (Å²) in [4.78, 5) is 15.9. The first-order chi connectivity index (χ1) is 10.1. The molecule has 1 aromatic heterocycles. The summed E-state index contributed by atoms with van der Waals surface area (Å²) in [5, 5.41) is 7.02. The third-order valence-electron chi connectivity index (χ3n) is 3.23. The molecular weight excluding hydrogens is 266 g/mol. The van der Waals surface area contributed by atoms with E-state index in [1.807, 2.05) is 37.4 Å². The summed E-state index contributed by atoms with van der Waals surface area (Å²) in [5.74, 6) is 0.746. The number of nitrogens with zero attached hydrogens (tertiary/aromatic N) is 3. The van der Waals surface area contributed by atoms with Crippen molar-refractivity contribution in [3.8, 4) is 0 Å². The standard InChI is InChI=1S/C15H21N5O/c1-20-11-18-14(19-20)9-10-17-15(21)8-7-13(16)12-5-3-2-4-6-12/h2-6,11,13H,7-10,16H2,1H3,(H,17,21). The van der Waals surface area contributed by atoms with Crippen LogP contribution in [0.4, 0.5) is 0 Å². The third-order valence-corrected chi connectivity index (χ3v) is 3.23. The number of carbonyl (C=O) groups excluding carboxylic acids is 1. The molecule has 0 bridgehead atoms. The molecule has 0 aliphatic carbocycles. The predicted octanol–water partition coefficient (Wildman–Crippen LogP) is 0.954. The highest BCUT2D eigenvalue weighted by Gasteiger charge is 2.09. The number of aryl methyl sites for hydroxylation is 1. The van der Waals surface area contributed by atoms with E-state index >= 15 is 0 Å². The molecular formula is C15H21N5O. The Morgan fingerprint density at radius 1 is 1.38 bits per heavy atom. The molecule has 3 N–H and O–H groups in total. The van der Waals surface area contributed by atoms with E-state index in [-0.39, 0.29) is 11.9 Å². The maximum Gasteiger partial charge on any atom is 0.220 e. The molecule has 0 aliphatic heterocycles. The predicted molar refractivity (Wildman–Crippen MR) is 80.3 cm³/mol. The van der Waals surface area contributed by atoms with Crippen LogP contribution < -0.4 is 11.1 Å². The second-order valence-corrected chi connectivity index (χ2v) is 4.99. The number of hydrogen-bond donors (Lipinski definition) is 2. The first-order valence-corrected chi connectivity index (χ1v) is 7.07. The van der Waals surface area contributed by atoms with Crippen LogP contribution in [0.25, 0.3) is 0 Å². The summed E-state index contributed by atoms with van der Waals surface area (Å²) in [5.41, 5.74) is 7.12. The van der Waals surface area contributed by atoms with Gasteiger partial charge in [-0.3, -0.25) is 9.48 Å². The summed E-state index contributed by atoms with van der Waals surface area (Å²) >= 11 is 0. The van der Waals surface area contributed by atoms with Gasteiger partial charge in [0.15, 0.2) is 5.82 Å². The lowest BCUT2D eigenvalue weighted by Gasteiger charge is -2.11. The SMILES string of the molecule is Cn1cnc(CCNC(=O)CCC(N)c2ccccc2)n1. The van der Waals surface area contributed by atoms with E-state index in [4.69, 9.17) is 5.73 Å². The van der Waals surface area contributed by atoms with Crippen molar-refractivity contribution >= 4 is 5.91 Å². The van der Waals surface area contributed by atoms with Crippen LogP contribution in [-0.2, 0) is 18.3 Å². The van der Waals surface area contributed by atoms with E-state index in [1.54, 1.807) is 11.0 Å². The number of rotatable bonds is 7. The monoisotopic (exact) mass is 287 g/mol. The van der Waals surface area contributed by atoms with Gasteiger partial charge in [-0.15, -0.1) is 0 Å². The molecule has 1 amide bonds. The zero-order valence-corrected chi connectivity index (χ0v) is 12.2. The van der Waals surface area contributed by atoms with Gasteiger partial charge in [0.25, 0.3) is 0 Å². The van der Waals surface area contributed by atoms with Crippen molar-refractivity contribution in [2.45, 2.75) is 25.3 Å². The van der Waals surface area contributed by atoms with Crippen LogP contribution in [0, 0.1) is 0 Å². The number of carbonyl (C=O) groups is 1. The van der Waals surface area contributed by atoms with E-state index in [9.17, 15) is 4.79 Å². The molecule has 0 radical (unpaired) electrons. The van der Waals surface area contributed by atoms with Gasteiger partial charge in [0.1, 0.15) is 6.33 Å². The van der Waals surface area contributed by atoms with Crippen molar-refractivity contribution in [1.29, 1.82) is 0 Å². The van der Waals surface area contributed by atoms with Crippen LogP contribution >= 0.6 is 0 Å². The number of benzene rings is 1. The van der Waals surface area contributed by atoms with Gasteiger partial charge in [0, 0.05) is 32.5 Å². The van der Waals surface area contributed by atoms with E-state index in [0.717, 1.165) is 11.4 Å². The summed E-state index contributed by atoms with van der Waals surface area (Å²) in [7, 11) is 1.82. The van der Waals surface area contributed by atoms with E-state index in [0.29, 0.717) is 25.8 Å². The molecule has 0 fully saturated rings. The molecule has 0 spiro atoms. The average molecular weight is 287 g/mol. The molecule has 0 saturated heterocycles. The summed E-state index contributed by atoms with van der Waals surface area (Å²) < 4.78 is 1.65. The van der Waals surface area contributed by atoms with Gasteiger partial charge < -0.3 is 11.1 Å². The lowest BCUT2D eigenvalue weighted by atomic mass is 10.0. The lowest BCUT2D eigenvalue weighted by Crippen LogP contribution is -2.26. The molecule has 2 aromatic rings. The third kappa shape index (κ3) is 5.00. The van der Waals surface area contributed by atoms with E-state index in [2.05, 4.69) is 15.4 Å². The molecule has 0 saturated carbocycles. The minimum Gasteiger partial charge on any atom is -0.356 e. The minimum absolute atomic E-state index is 0.0114. The minimum atomic E-state index is -0.102. The van der Waals surface area contributed by atoms with Crippen molar-refractivity contribution < 1.29 is 4.79 Å². The smallest absolute Gasteiger partial charge is 0.220 e. The molecule has 6 nitrogen and oxygen atoms in total. The summed E-state index contributed by atoms with van der Waals surface area (Å²) in [6.07, 6.45) is 3.34. The van der Waals surface area contributed by atoms with Crippen molar-refractivity contribution in [3.63, 3.8) is 0 Å². The second kappa shape index (κ2) is 7.54. The molecule has 112 valence electrons. The highest BCUT2D eigenvalue weighted by molar-refractivity contribution is 5.75. The Hall–Kier alpha value is -2.21. The van der Waals surface area contributed by atoms with E-state index in [1.165, 1.54) is 0 Å². The Morgan fingerprint density at radius 2 is 2.14 bits per heavy atom. The molecule has 1 heterocycles. The summed E-state index contributed by atoms with van der Waals surface area (Å²) in [6, 6.07) is 9.72. The van der Waals surface area contributed by atoms with Crippen LogP contribution in [-0.4, -0.2) is 27.2 Å². The Labute approximate surface area is 124 Å². The average Bonchev–Trinajstić information content (AvgIpc) is 2.91. The fourth-order valence-electron chi connectivity index (χ4n) is 2.05. The van der Waals surface area contributed by atoms with Gasteiger partial charge in [-0.25, -0.2) is 4.98 Å². The van der Waals surface area contributed by atoms with Gasteiger partial charge in [0.05, 0.1) is 0 Å². The molecule has 1 unspecified atom stereocenters. The van der Waals surface area contributed by atoms with Crippen LogP contribution in [0.5, 0.6) is 0 Å². The Bertz CT molecular complexity index is 566. The Kier molecular flexibility index (Phi) is 5.45. The topological polar surface area (TPSA) is 85.8 Å². The Morgan fingerprint density at radius 3 is 2.81 bits per heavy atom. The van der Waals surface area contributed by atoms with Gasteiger partial charge >= 0.3 is 0 Å². The first-order valence-electron chi connectivity index (χ1n) is 7.07. The number of aromatic nitrogens is 3. The molecule has 6 heteroatoms. The van der Waals surface area contributed by atoms with Crippen LogP contribution in [0.1, 0.15) is 30.3 Å². The second-order valence-electron chi connectivity index (χ2n) is 4.99. The molecule has 2 rings (SSSR count). The zero-order chi connectivity index (χ0) is 15.1. The van der Waals surface area contributed by atoms with Crippen molar-refractivity contribution in [1.82, 2.24) is 20.1 Å². The lowest BCUT2D eigenvalue weighted by molar-refractivity contribution is -0.121. The van der Waals surface area contributed by atoms with Crippen molar-refractivity contribution in [2.24, 2.45) is 12.8 Å². The molecule has 0 aliphatic rings. The van der Waals surface area contributed by atoms with Gasteiger partial charge in [-0.05, 0) is 12.0 Å². The maximum atomic E-state index is 11.8. The van der Waals surface area contributed by atoms with Gasteiger partial charge in [-0.2, -0.15) is 5.10 Å². The highest BCUT2D eigenvalue weighted by Crippen LogP contribution is 2.14. The number of amides is 1. The first kappa shape index (κ1) is 15.2. The van der Waals surface area contributed by atoms with Crippen LogP contribution in [0.2, 0.25) is 0 Å². The largest absolute Gasteiger partial charge is 0.356 e. The molecule has 1 aromatic carbocycles. The quantitative estimate of drug-likeness (QED) is 0.794. The maximum absolute atomic E-state index is 11.8. The fraction of sp³-hybridized carbons (Fsp3) is 0.400. The van der Waals surface area contributed by atoms with Crippen molar-refractivity contribution in [2.75, 3.05) is 6.54 Å². The van der Waals surface area contributed by atoms with E-state index < -0.39 is 0 Å². The number of nitrogens with one attached hydrogen (secondary N) is 1. The zero-order valence-electron chi connectivity index (χ0n) is 12.2. The molecule has 1 atom stereocenters. The Balaban J connectivity index is 1.65. The van der Waals surface area contributed by atoms with Gasteiger partial charge in [-0.1, -0.05) is 30.3 Å². The van der Waals surface area contributed by atoms with Crippen LogP contribution in [0.3, 0.4) is 0 Å². The summed E-state index contributed by atoms with van der Waals surface area (Å²) in [6.45, 7) is 0.545. The van der Waals surface area contributed by atoms with Crippen molar-refractivity contribution in [3.05, 3.63) is 48.0 Å².